The number of anilines is 1. The topological polar surface area (TPSA) is 116 Å². The van der Waals surface area contributed by atoms with Crippen LogP contribution in [0.2, 0.25) is 0 Å². The molecule has 2 atom stereocenters. The molecule has 8 nitrogen and oxygen atoms in total. The van der Waals surface area contributed by atoms with Crippen LogP contribution in [0, 0.1) is 18.8 Å². The number of hydrogen-bond acceptors (Lipinski definition) is 4. The Morgan fingerprint density at radius 3 is 2.43 bits per heavy atom. The quantitative estimate of drug-likeness (QED) is 0.615. The number of carboxylic acids is 1. The molecule has 0 aliphatic carbocycles. The number of rotatable bonds is 8. The summed E-state index contributed by atoms with van der Waals surface area (Å²) >= 11 is 0. The molecule has 1 fully saturated rings. The number of hydrogen-bond donors (Lipinski definition) is 3. The number of benzene rings is 1. The molecule has 2 rings (SSSR count). The Kier molecular flexibility index (Phi) is 7.14. The number of nitrogens with one attached hydrogen (secondary N) is 2. The van der Waals surface area contributed by atoms with E-state index in [-0.39, 0.29) is 31.3 Å². The Labute approximate surface area is 164 Å². The van der Waals surface area contributed by atoms with Crippen LogP contribution in [0.15, 0.2) is 24.3 Å². The van der Waals surface area contributed by atoms with Gasteiger partial charge in [0.15, 0.2) is 0 Å². The number of aliphatic carboxylic acids is 1. The lowest BCUT2D eigenvalue weighted by Crippen LogP contribution is -2.47. The lowest BCUT2D eigenvalue weighted by molar-refractivity contribution is -0.142. The molecule has 0 aromatic heterocycles. The van der Waals surface area contributed by atoms with Gasteiger partial charge in [0.1, 0.15) is 6.04 Å². The molecule has 1 aliphatic heterocycles. The second kappa shape index (κ2) is 9.34. The third-order valence-electron chi connectivity index (χ3n) is 4.61. The molecule has 1 heterocycles. The van der Waals surface area contributed by atoms with Crippen molar-refractivity contribution >= 4 is 29.4 Å². The van der Waals surface area contributed by atoms with Crippen molar-refractivity contribution in [2.24, 2.45) is 11.8 Å². The zero-order valence-corrected chi connectivity index (χ0v) is 16.4. The third kappa shape index (κ3) is 5.80. The molecule has 0 saturated carbocycles. The van der Waals surface area contributed by atoms with Gasteiger partial charge >= 0.3 is 5.97 Å². The molecule has 0 radical (unpaired) electrons. The highest BCUT2D eigenvalue weighted by Gasteiger charge is 2.35. The minimum atomic E-state index is -1.11. The highest BCUT2D eigenvalue weighted by molar-refractivity contribution is 6.00. The number of aryl methyl sites for hydroxylation is 1. The predicted octanol–water partition coefficient (Wildman–Crippen LogP) is 1.08. The highest BCUT2D eigenvalue weighted by atomic mass is 16.4. The Morgan fingerprint density at radius 1 is 1.21 bits per heavy atom. The zero-order valence-electron chi connectivity index (χ0n) is 16.4. The summed E-state index contributed by atoms with van der Waals surface area (Å²) in [4.78, 5) is 49.3. The molecule has 1 aliphatic rings. The number of amides is 3. The van der Waals surface area contributed by atoms with E-state index in [4.69, 9.17) is 5.11 Å². The smallest absolute Gasteiger partial charge is 0.326 e. The molecule has 3 N–H and O–H groups in total. The summed E-state index contributed by atoms with van der Waals surface area (Å²) in [5, 5.41) is 14.1. The molecule has 1 aromatic rings. The van der Waals surface area contributed by atoms with Gasteiger partial charge < -0.3 is 20.6 Å². The second-order valence-electron chi connectivity index (χ2n) is 7.55. The van der Waals surface area contributed by atoms with E-state index in [1.165, 1.54) is 0 Å². The number of nitrogens with zero attached hydrogens (tertiary/aromatic N) is 1. The number of carboxylic acid groups (broad SMARTS) is 1. The van der Waals surface area contributed by atoms with E-state index in [1.807, 2.05) is 45.0 Å². The maximum Gasteiger partial charge on any atom is 0.326 e. The maximum atomic E-state index is 12.3. The molecule has 28 heavy (non-hydrogen) atoms. The van der Waals surface area contributed by atoms with Crippen LogP contribution in [-0.2, 0) is 19.2 Å². The third-order valence-corrected chi connectivity index (χ3v) is 4.61. The molecular weight excluding hydrogens is 362 g/mol. The monoisotopic (exact) mass is 389 g/mol. The van der Waals surface area contributed by atoms with E-state index in [0.717, 1.165) is 11.3 Å². The maximum absolute atomic E-state index is 12.3. The van der Waals surface area contributed by atoms with Gasteiger partial charge in [-0.3, -0.25) is 14.4 Å². The fourth-order valence-corrected chi connectivity index (χ4v) is 3.11. The SMILES string of the molecule is Cc1ccc(N2CC(C(=O)NCC(=O)N[C@@H](CC(C)C)C(=O)O)CC2=O)cc1. The van der Waals surface area contributed by atoms with Gasteiger partial charge in [0.25, 0.3) is 0 Å². The van der Waals surface area contributed by atoms with Crippen LogP contribution in [-0.4, -0.2) is 47.9 Å². The summed E-state index contributed by atoms with van der Waals surface area (Å²) in [5.74, 6) is -2.66. The summed E-state index contributed by atoms with van der Waals surface area (Å²) in [6.07, 6.45) is 0.379. The molecule has 1 unspecified atom stereocenters. The Bertz CT molecular complexity index is 745. The van der Waals surface area contributed by atoms with Crippen molar-refractivity contribution in [1.29, 1.82) is 0 Å². The second-order valence-corrected chi connectivity index (χ2v) is 7.55. The van der Waals surface area contributed by atoms with Crippen molar-refractivity contribution in [1.82, 2.24) is 10.6 Å². The van der Waals surface area contributed by atoms with Crippen molar-refractivity contribution in [3.05, 3.63) is 29.8 Å². The number of carbonyl (C=O) groups excluding carboxylic acids is 3. The molecule has 8 heteroatoms. The van der Waals surface area contributed by atoms with Crippen molar-refractivity contribution in [2.45, 2.75) is 39.7 Å². The fourth-order valence-electron chi connectivity index (χ4n) is 3.11. The van der Waals surface area contributed by atoms with Crippen molar-refractivity contribution in [2.75, 3.05) is 18.0 Å². The average molecular weight is 389 g/mol. The molecule has 3 amide bonds. The number of carbonyl (C=O) groups is 4. The van der Waals surface area contributed by atoms with Crippen LogP contribution in [0.1, 0.15) is 32.3 Å². The van der Waals surface area contributed by atoms with Gasteiger partial charge in [0.2, 0.25) is 17.7 Å². The summed E-state index contributed by atoms with van der Waals surface area (Å²) in [6, 6.07) is 6.48. The normalized spacial score (nSPS) is 17.5. The highest BCUT2D eigenvalue weighted by Crippen LogP contribution is 2.25. The van der Waals surface area contributed by atoms with Crippen LogP contribution in [0.3, 0.4) is 0 Å². The molecule has 1 aromatic carbocycles. The summed E-state index contributed by atoms with van der Waals surface area (Å²) in [5.41, 5.74) is 1.81. The van der Waals surface area contributed by atoms with Crippen molar-refractivity contribution in [3.63, 3.8) is 0 Å². The standard InChI is InChI=1S/C20H27N3O5/c1-12(2)8-16(20(27)28)22-17(24)10-21-19(26)14-9-18(25)23(11-14)15-6-4-13(3)5-7-15/h4-7,12,14,16H,8-11H2,1-3H3,(H,21,26)(H,22,24)(H,27,28)/t14?,16-/m0/s1. The Balaban J connectivity index is 1.86. The van der Waals surface area contributed by atoms with E-state index in [9.17, 15) is 19.2 Å². The van der Waals surface area contributed by atoms with E-state index < -0.39 is 29.7 Å². The van der Waals surface area contributed by atoms with Gasteiger partial charge in [0, 0.05) is 18.7 Å². The summed E-state index contributed by atoms with van der Waals surface area (Å²) in [6.45, 7) is 5.60. The van der Waals surface area contributed by atoms with Gasteiger partial charge in [-0.05, 0) is 31.4 Å². The predicted molar refractivity (Wildman–Crippen MR) is 104 cm³/mol. The lowest BCUT2D eigenvalue weighted by Gasteiger charge is -2.18. The lowest BCUT2D eigenvalue weighted by atomic mass is 10.0. The van der Waals surface area contributed by atoms with Gasteiger partial charge in [-0.2, -0.15) is 0 Å². The summed E-state index contributed by atoms with van der Waals surface area (Å²) < 4.78 is 0. The van der Waals surface area contributed by atoms with Crippen LogP contribution in [0.5, 0.6) is 0 Å². The van der Waals surface area contributed by atoms with E-state index >= 15 is 0 Å². The van der Waals surface area contributed by atoms with Crippen LogP contribution < -0.4 is 15.5 Å². The zero-order chi connectivity index (χ0) is 20.8. The Morgan fingerprint density at radius 2 is 1.86 bits per heavy atom. The first-order valence-corrected chi connectivity index (χ1v) is 9.34. The minimum Gasteiger partial charge on any atom is -0.480 e. The van der Waals surface area contributed by atoms with Crippen LogP contribution >= 0.6 is 0 Å². The van der Waals surface area contributed by atoms with Crippen molar-refractivity contribution < 1.29 is 24.3 Å². The fraction of sp³-hybridized carbons (Fsp3) is 0.500. The molecule has 152 valence electrons. The average Bonchev–Trinajstić information content (AvgIpc) is 3.01. The molecule has 0 spiro atoms. The molecular formula is C20H27N3O5. The first kappa shape index (κ1) is 21.4. The van der Waals surface area contributed by atoms with E-state index in [0.29, 0.717) is 6.42 Å². The molecule has 0 bridgehead atoms. The van der Waals surface area contributed by atoms with Crippen molar-refractivity contribution in [3.8, 4) is 0 Å². The van der Waals surface area contributed by atoms with Gasteiger partial charge in [-0.1, -0.05) is 31.5 Å². The molecule has 1 saturated heterocycles. The van der Waals surface area contributed by atoms with Crippen LogP contribution in [0.25, 0.3) is 0 Å². The largest absolute Gasteiger partial charge is 0.480 e. The van der Waals surface area contributed by atoms with Crippen LogP contribution in [0.4, 0.5) is 5.69 Å². The Hall–Kier alpha value is -2.90. The van der Waals surface area contributed by atoms with Gasteiger partial charge in [0.05, 0.1) is 12.5 Å². The van der Waals surface area contributed by atoms with Gasteiger partial charge in [-0.25, -0.2) is 4.79 Å². The summed E-state index contributed by atoms with van der Waals surface area (Å²) in [7, 11) is 0. The van der Waals surface area contributed by atoms with Gasteiger partial charge in [-0.15, -0.1) is 0 Å². The van der Waals surface area contributed by atoms with E-state index in [2.05, 4.69) is 10.6 Å². The first-order chi connectivity index (χ1) is 13.2. The van der Waals surface area contributed by atoms with E-state index in [1.54, 1.807) is 4.90 Å². The first-order valence-electron chi connectivity index (χ1n) is 9.34. The minimum absolute atomic E-state index is 0.0758.